The first kappa shape index (κ1) is 19.9. The van der Waals surface area contributed by atoms with Gasteiger partial charge in [-0.05, 0) is 36.5 Å². The number of rotatable bonds is 6. The molecule has 156 valence electrons. The van der Waals surface area contributed by atoms with Crippen molar-refractivity contribution in [1.29, 1.82) is 0 Å². The van der Waals surface area contributed by atoms with Gasteiger partial charge in [0.15, 0.2) is 0 Å². The molecule has 0 bridgehead atoms. The van der Waals surface area contributed by atoms with Gasteiger partial charge in [0, 0.05) is 45.6 Å². The summed E-state index contributed by atoms with van der Waals surface area (Å²) in [4.78, 5) is 27.2. The summed E-state index contributed by atoms with van der Waals surface area (Å²) in [5.41, 5.74) is 2.47. The number of likely N-dealkylation sites (tertiary alicyclic amines) is 1. The van der Waals surface area contributed by atoms with Gasteiger partial charge in [-0.3, -0.25) is 14.3 Å². The summed E-state index contributed by atoms with van der Waals surface area (Å²) < 4.78 is 3.63. The van der Waals surface area contributed by atoms with E-state index < -0.39 is 0 Å². The van der Waals surface area contributed by atoms with Gasteiger partial charge in [0.25, 0.3) is 11.8 Å². The Morgan fingerprint density at radius 3 is 2.57 bits per heavy atom. The van der Waals surface area contributed by atoms with Gasteiger partial charge in [-0.15, -0.1) is 0 Å². The van der Waals surface area contributed by atoms with Gasteiger partial charge in [0.2, 0.25) is 0 Å². The summed E-state index contributed by atoms with van der Waals surface area (Å²) in [6, 6.07) is 14.0. The molecule has 1 aromatic carbocycles. The number of benzene rings is 1. The highest BCUT2D eigenvalue weighted by molar-refractivity contribution is 5.94. The second-order valence-corrected chi connectivity index (χ2v) is 7.86. The highest BCUT2D eigenvalue weighted by Gasteiger charge is 2.25. The maximum atomic E-state index is 13.1. The normalized spacial score (nSPS) is 14.6. The minimum Gasteiger partial charge on any atom is -0.352 e. The molecule has 0 atom stereocenters. The third-order valence-electron chi connectivity index (χ3n) is 5.66. The molecule has 0 radical (unpaired) electrons. The van der Waals surface area contributed by atoms with Gasteiger partial charge in [-0.25, -0.2) is 0 Å². The van der Waals surface area contributed by atoms with Crippen molar-refractivity contribution in [3.8, 4) is 0 Å². The highest BCUT2D eigenvalue weighted by atomic mass is 16.2. The fourth-order valence-corrected chi connectivity index (χ4v) is 3.91. The largest absolute Gasteiger partial charge is 0.352 e. The molecule has 3 aromatic rings. The Labute approximate surface area is 176 Å². The number of amides is 2. The monoisotopic (exact) mass is 405 g/mol. The lowest BCUT2D eigenvalue weighted by molar-refractivity contribution is 0.0674. The summed E-state index contributed by atoms with van der Waals surface area (Å²) in [6.45, 7) is 2.73. The van der Waals surface area contributed by atoms with E-state index in [1.165, 1.54) is 5.56 Å². The molecule has 1 aliphatic heterocycles. The van der Waals surface area contributed by atoms with Crippen molar-refractivity contribution in [2.75, 3.05) is 19.6 Å². The van der Waals surface area contributed by atoms with Gasteiger partial charge in [0.1, 0.15) is 5.69 Å². The van der Waals surface area contributed by atoms with Crippen molar-refractivity contribution < 1.29 is 9.59 Å². The van der Waals surface area contributed by atoms with E-state index in [2.05, 4.69) is 22.5 Å². The molecule has 7 nitrogen and oxygen atoms in total. The van der Waals surface area contributed by atoms with Gasteiger partial charge in [-0.2, -0.15) is 5.10 Å². The van der Waals surface area contributed by atoms with Crippen molar-refractivity contribution in [2.45, 2.75) is 19.4 Å². The molecule has 30 heavy (non-hydrogen) atoms. The zero-order valence-electron chi connectivity index (χ0n) is 17.2. The van der Waals surface area contributed by atoms with Crippen LogP contribution in [0.15, 0.2) is 61.1 Å². The van der Waals surface area contributed by atoms with Gasteiger partial charge < -0.3 is 14.8 Å². The fraction of sp³-hybridized carbons (Fsp3) is 0.348. The zero-order chi connectivity index (χ0) is 20.9. The highest BCUT2D eigenvalue weighted by Crippen LogP contribution is 2.19. The molecule has 0 aliphatic carbocycles. The van der Waals surface area contributed by atoms with E-state index in [1.807, 2.05) is 46.0 Å². The van der Waals surface area contributed by atoms with Crippen LogP contribution in [0.4, 0.5) is 0 Å². The van der Waals surface area contributed by atoms with Crippen LogP contribution in [-0.4, -0.2) is 50.7 Å². The topological polar surface area (TPSA) is 72.2 Å². The van der Waals surface area contributed by atoms with Crippen LogP contribution >= 0.6 is 0 Å². The molecule has 1 saturated heterocycles. The molecule has 7 heteroatoms. The smallest absolute Gasteiger partial charge is 0.270 e. The number of hydrogen-bond donors (Lipinski definition) is 1. The van der Waals surface area contributed by atoms with Crippen LogP contribution in [-0.2, 0) is 13.6 Å². The average Bonchev–Trinajstić information content (AvgIpc) is 3.41. The Kier molecular flexibility index (Phi) is 5.97. The number of piperidine rings is 1. The number of aromatic nitrogens is 3. The lowest BCUT2D eigenvalue weighted by Crippen LogP contribution is -2.42. The average molecular weight is 406 g/mol. The second-order valence-electron chi connectivity index (χ2n) is 7.86. The fourth-order valence-electron chi connectivity index (χ4n) is 3.91. The van der Waals surface area contributed by atoms with Crippen LogP contribution in [0.5, 0.6) is 0 Å². The Morgan fingerprint density at radius 2 is 1.87 bits per heavy atom. The second kappa shape index (κ2) is 8.98. The zero-order valence-corrected chi connectivity index (χ0v) is 17.2. The van der Waals surface area contributed by atoms with Crippen LogP contribution in [0, 0.1) is 5.92 Å². The Morgan fingerprint density at radius 1 is 1.10 bits per heavy atom. The molecule has 0 spiro atoms. The molecule has 1 N–H and O–H groups in total. The third-order valence-corrected chi connectivity index (χ3v) is 5.66. The number of carbonyl (C=O) groups excluding carboxylic acids is 2. The summed E-state index contributed by atoms with van der Waals surface area (Å²) in [6.07, 6.45) is 7.01. The van der Waals surface area contributed by atoms with Crippen LogP contribution in [0.25, 0.3) is 0 Å². The number of carbonyl (C=O) groups is 2. The first-order valence-electron chi connectivity index (χ1n) is 10.4. The van der Waals surface area contributed by atoms with Crippen molar-refractivity contribution in [3.05, 3.63) is 77.9 Å². The first-order valence-corrected chi connectivity index (χ1v) is 10.4. The summed E-state index contributed by atoms with van der Waals surface area (Å²) in [5.74, 6) is 0.361. The molecule has 0 saturated carbocycles. The van der Waals surface area contributed by atoms with Gasteiger partial charge in [-0.1, -0.05) is 30.3 Å². The molecule has 2 amide bonds. The van der Waals surface area contributed by atoms with Crippen LogP contribution < -0.4 is 5.32 Å². The third kappa shape index (κ3) is 4.62. The Balaban J connectivity index is 1.29. The number of nitrogens with zero attached hydrogens (tertiary/aromatic N) is 4. The molecule has 0 unspecified atom stereocenters. The quantitative estimate of drug-likeness (QED) is 0.685. The van der Waals surface area contributed by atoms with E-state index in [4.69, 9.17) is 0 Å². The van der Waals surface area contributed by atoms with Crippen molar-refractivity contribution in [3.63, 3.8) is 0 Å². The maximum Gasteiger partial charge on any atom is 0.270 e. The summed E-state index contributed by atoms with van der Waals surface area (Å²) in [7, 11) is 1.79. The molecular weight excluding hydrogens is 378 g/mol. The number of aryl methyl sites for hydroxylation is 1. The predicted octanol–water partition coefficient (Wildman–Crippen LogP) is 2.55. The van der Waals surface area contributed by atoms with Crippen molar-refractivity contribution >= 4 is 11.8 Å². The van der Waals surface area contributed by atoms with E-state index in [0.717, 1.165) is 18.5 Å². The number of hydrogen-bond acceptors (Lipinski definition) is 3. The van der Waals surface area contributed by atoms with E-state index in [-0.39, 0.29) is 11.8 Å². The minimum atomic E-state index is -0.0969. The molecule has 4 rings (SSSR count). The van der Waals surface area contributed by atoms with Crippen LogP contribution in [0.1, 0.15) is 39.3 Å². The van der Waals surface area contributed by atoms with Crippen LogP contribution in [0.3, 0.4) is 0 Å². The van der Waals surface area contributed by atoms with E-state index in [1.54, 1.807) is 24.1 Å². The van der Waals surface area contributed by atoms with Crippen molar-refractivity contribution in [1.82, 2.24) is 24.6 Å². The van der Waals surface area contributed by atoms with Crippen LogP contribution in [0.2, 0.25) is 0 Å². The molecule has 2 aromatic heterocycles. The molecular formula is C23H27N5O2. The Bertz CT molecular complexity index is 1000. The lowest BCUT2D eigenvalue weighted by Gasteiger charge is -2.32. The first-order chi connectivity index (χ1) is 14.6. The van der Waals surface area contributed by atoms with E-state index in [9.17, 15) is 9.59 Å². The minimum absolute atomic E-state index is 0.0776. The van der Waals surface area contributed by atoms with E-state index >= 15 is 0 Å². The lowest BCUT2D eigenvalue weighted by atomic mass is 9.96. The van der Waals surface area contributed by atoms with Gasteiger partial charge in [0.05, 0.1) is 11.8 Å². The van der Waals surface area contributed by atoms with Crippen molar-refractivity contribution in [2.24, 2.45) is 13.0 Å². The summed E-state index contributed by atoms with van der Waals surface area (Å²) in [5, 5.41) is 7.02. The molecule has 1 aliphatic rings. The number of nitrogens with one attached hydrogen (secondary N) is 1. The molecule has 1 fully saturated rings. The predicted molar refractivity (Wildman–Crippen MR) is 114 cm³/mol. The van der Waals surface area contributed by atoms with E-state index in [0.29, 0.717) is 37.7 Å². The molecule has 3 heterocycles. The summed E-state index contributed by atoms with van der Waals surface area (Å²) >= 11 is 0. The Hall–Kier alpha value is -3.35. The standard InChI is InChI=1S/C23H27N5O2/c1-26-17-20(15-25-26)22(29)24-14-18-9-12-27(13-10-18)23(30)21-8-5-11-28(21)16-19-6-3-2-4-7-19/h2-8,11,15,17-18H,9-10,12-14,16H2,1H3,(H,24,29). The van der Waals surface area contributed by atoms with Gasteiger partial charge >= 0.3 is 0 Å². The maximum absolute atomic E-state index is 13.1. The SMILES string of the molecule is Cn1cc(C(=O)NCC2CCN(C(=O)c3cccn3Cc3ccccc3)CC2)cn1.